The van der Waals surface area contributed by atoms with Gasteiger partial charge in [-0.1, -0.05) is 95.9 Å². The van der Waals surface area contributed by atoms with Gasteiger partial charge in [0.1, 0.15) is 0 Å². The second-order valence-corrected chi connectivity index (χ2v) is 8.28. The summed E-state index contributed by atoms with van der Waals surface area (Å²) in [6, 6.07) is 7.28. The molecule has 0 saturated carbocycles. The Bertz CT molecular complexity index is 636. The highest BCUT2D eigenvalue weighted by Gasteiger charge is 2.23. The Morgan fingerprint density at radius 2 is 1.45 bits per heavy atom. The number of ether oxygens (including phenoxy) is 1. The molecule has 1 rings (SSSR count). The number of carbonyl (C=O) groups excluding carboxylic acids is 2. The summed E-state index contributed by atoms with van der Waals surface area (Å²) in [6.45, 7) is 6.98. The van der Waals surface area contributed by atoms with Gasteiger partial charge < -0.3 is 10.1 Å². The molecule has 1 atom stereocenters. The highest BCUT2D eigenvalue weighted by Crippen LogP contribution is 2.14. The topological polar surface area (TPSA) is 55.4 Å². The highest BCUT2D eigenvalue weighted by molar-refractivity contribution is 5.92. The van der Waals surface area contributed by atoms with Crippen LogP contribution in [0.15, 0.2) is 30.3 Å². The van der Waals surface area contributed by atoms with Crippen molar-refractivity contribution in [2.24, 2.45) is 0 Å². The summed E-state index contributed by atoms with van der Waals surface area (Å²) >= 11 is 0. The molecule has 1 aromatic rings. The molecule has 1 N–H and O–H groups in total. The molecule has 0 bridgehead atoms. The van der Waals surface area contributed by atoms with Crippen LogP contribution in [-0.4, -0.2) is 24.5 Å². The Kier molecular flexibility index (Phi) is 15.3. The minimum absolute atomic E-state index is 0.165. The minimum atomic E-state index is -0.718. The number of rotatable bonds is 17. The SMILES string of the molecule is C/C=C/c1ccc(C(=O)OC(CCCCCCCCC)C(=O)NCCCCCC)cc1. The largest absolute Gasteiger partial charge is 0.449 e. The molecule has 0 fully saturated rings. The van der Waals surface area contributed by atoms with Crippen LogP contribution in [0.4, 0.5) is 0 Å². The molecule has 1 amide bonds. The minimum Gasteiger partial charge on any atom is -0.449 e. The Morgan fingerprint density at radius 1 is 0.871 bits per heavy atom. The number of hydrogen-bond acceptors (Lipinski definition) is 3. The monoisotopic (exact) mass is 429 g/mol. The number of unbranched alkanes of at least 4 members (excludes halogenated alkanes) is 9. The van der Waals surface area contributed by atoms with Crippen LogP contribution in [0.25, 0.3) is 6.08 Å². The highest BCUT2D eigenvalue weighted by atomic mass is 16.5. The quantitative estimate of drug-likeness (QED) is 0.212. The summed E-state index contributed by atoms with van der Waals surface area (Å²) < 4.78 is 5.65. The van der Waals surface area contributed by atoms with E-state index in [1.807, 2.05) is 31.2 Å². The Hall–Kier alpha value is -2.10. The van der Waals surface area contributed by atoms with Crippen LogP contribution in [0, 0.1) is 0 Å². The lowest BCUT2D eigenvalue weighted by Crippen LogP contribution is -2.38. The van der Waals surface area contributed by atoms with Crippen molar-refractivity contribution in [3.05, 3.63) is 41.5 Å². The molecule has 0 spiro atoms. The van der Waals surface area contributed by atoms with E-state index in [1.165, 1.54) is 44.9 Å². The van der Waals surface area contributed by atoms with Crippen molar-refractivity contribution in [1.29, 1.82) is 0 Å². The number of benzene rings is 1. The second-order valence-electron chi connectivity index (χ2n) is 8.28. The van der Waals surface area contributed by atoms with Crippen LogP contribution >= 0.6 is 0 Å². The predicted octanol–water partition coefficient (Wildman–Crippen LogP) is 7.08. The maximum atomic E-state index is 12.7. The number of allylic oxidation sites excluding steroid dienone is 1. The van der Waals surface area contributed by atoms with Crippen LogP contribution < -0.4 is 5.32 Å². The second kappa shape index (κ2) is 17.6. The maximum absolute atomic E-state index is 12.7. The van der Waals surface area contributed by atoms with Crippen molar-refractivity contribution in [3.63, 3.8) is 0 Å². The molecular formula is C27H43NO3. The van der Waals surface area contributed by atoms with Crippen molar-refractivity contribution in [3.8, 4) is 0 Å². The van der Waals surface area contributed by atoms with Gasteiger partial charge in [0.2, 0.25) is 0 Å². The summed E-state index contributed by atoms with van der Waals surface area (Å²) in [5.41, 5.74) is 1.51. The summed E-state index contributed by atoms with van der Waals surface area (Å²) in [5, 5.41) is 2.97. The van der Waals surface area contributed by atoms with E-state index in [0.717, 1.165) is 31.2 Å². The average molecular weight is 430 g/mol. The van der Waals surface area contributed by atoms with Crippen LogP contribution in [0.3, 0.4) is 0 Å². The first kappa shape index (κ1) is 26.9. The van der Waals surface area contributed by atoms with Gasteiger partial charge in [-0.3, -0.25) is 4.79 Å². The van der Waals surface area contributed by atoms with Crippen molar-refractivity contribution in [2.75, 3.05) is 6.54 Å². The van der Waals surface area contributed by atoms with Crippen molar-refractivity contribution in [1.82, 2.24) is 5.32 Å². The zero-order chi connectivity index (χ0) is 22.7. The van der Waals surface area contributed by atoms with E-state index in [4.69, 9.17) is 4.74 Å². The lowest BCUT2D eigenvalue weighted by Gasteiger charge is -2.18. The normalized spacial score (nSPS) is 12.1. The molecule has 0 aliphatic heterocycles. The number of nitrogens with one attached hydrogen (secondary N) is 1. The molecule has 0 saturated heterocycles. The first-order chi connectivity index (χ1) is 15.1. The van der Waals surface area contributed by atoms with Gasteiger partial charge in [0.05, 0.1) is 5.56 Å². The number of carbonyl (C=O) groups is 2. The van der Waals surface area contributed by atoms with E-state index in [2.05, 4.69) is 19.2 Å². The lowest BCUT2D eigenvalue weighted by molar-refractivity contribution is -0.130. The third-order valence-electron chi connectivity index (χ3n) is 5.45. The van der Waals surface area contributed by atoms with E-state index in [0.29, 0.717) is 18.5 Å². The Morgan fingerprint density at radius 3 is 2.06 bits per heavy atom. The van der Waals surface area contributed by atoms with Crippen LogP contribution in [0.2, 0.25) is 0 Å². The Balaban J connectivity index is 2.58. The third-order valence-corrected chi connectivity index (χ3v) is 5.45. The zero-order valence-electron chi connectivity index (χ0n) is 20.0. The fourth-order valence-electron chi connectivity index (χ4n) is 3.53. The van der Waals surface area contributed by atoms with Crippen molar-refractivity contribution < 1.29 is 14.3 Å². The average Bonchev–Trinajstić information content (AvgIpc) is 2.78. The summed E-state index contributed by atoms with van der Waals surface area (Å²) in [6.07, 6.45) is 16.4. The van der Waals surface area contributed by atoms with Gasteiger partial charge in [0, 0.05) is 6.54 Å². The zero-order valence-corrected chi connectivity index (χ0v) is 20.0. The van der Waals surface area contributed by atoms with Gasteiger partial charge in [-0.2, -0.15) is 0 Å². The maximum Gasteiger partial charge on any atom is 0.338 e. The van der Waals surface area contributed by atoms with Crippen molar-refractivity contribution in [2.45, 2.75) is 104 Å². The molecule has 0 aromatic heterocycles. The Labute approximate surface area is 189 Å². The van der Waals surface area contributed by atoms with Gasteiger partial charge >= 0.3 is 5.97 Å². The molecule has 0 aliphatic carbocycles. The molecular weight excluding hydrogens is 386 g/mol. The molecule has 4 heteroatoms. The standard InChI is InChI=1S/C27H43NO3/c1-4-7-9-11-12-13-14-17-25(26(29)28-22-15-10-8-5-2)31-27(30)24-20-18-23(16-6-3)19-21-24/h6,16,18-21,25H,4-5,7-15,17,22H2,1-3H3,(H,28,29)/b16-6+. The summed E-state index contributed by atoms with van der Waals surface area (Å²) in [5.74, 6) is -0.595. The fraction of sp³-hybridized carbons (Fsp3) is 0.630. The summed E-state index contributed by atoms with van der Waals surface area (Å²) in [4.78, 5) is 25.3. The first-order valence-corrected chi connectivity index (χ1v) is 12.3. The van der Waals surface area contributed by atoms with Gasteiger partial charge in [0.25, 0.3) is 5.91 Å². The molecule has 0 radical (unpaired) electrons. The van der Waals surface area contributed by atoms with Gasteiger partial charge in [0.15, 0.2) is 6.10 Å². The van der Waals surface area contributed by atoms with Crippen molar-refractivity contribution >= 4 is 18.0 Å². The van der Waals surface area contributed by atoms with Gasteiger partial charge in [-0.05, 0) is 43.9 Å². The molecule has 31 heavy (non-hydrogen) atoms. The van der Waals surface area contributed by atoms with E-state index in [-0.39, 0.29) is 5.91 Å². The van der Waals surface area contributed by atoms with Crippen LogP contribution in [0.1, 0.15) is 114 Å². The molecule has 4 nitrogen and oxygen atoms in total. The predicted molar refractivity (Wildman–Crippen MR) is 130 cm³/mol. The molecule has 1 aromatic carbocycles. The number of hydrogen-bond donors (Lipinski definition) is 1. The van der Waals surface area contributed by atoms with E-state index >= 15 is 0 Å². The van der Waals surface area contributed by atoms with Crippen LogP contribution in [-0.2, 0) is 9.53 Å². The number of esters is 1. The number of amides is 1. The first-order valence-electron chi connectivity index (χ1n) is 12.3. The van der Waals surface area contributed by atoms with E-state index in [1.54, 1.807) is 12.1 Å². The van der Waals surface area contributed by atoms with Crippen LogP contribution in [0.5, 0.6) is 0 Å². The smallest absolute Gasteiger partial charge is 0.338 e. The molecule has 0 aliphatic rings. The lowest BCUT2D eigenvalue weighted by atomic mass is 10.1. The fourth-order valence-corrected chi connectivity index (χ4v) is 3.53. The van der Waals surface area contributed by atoms with E-state index in [9.17, 15) is 9.59 Å². The molecule has 0 heterocycles. The molecule has 1 unspecified atom stereocenters. The third kappa shape index (κ3) is 12.4. The van der Waals surface area contributed by atoms with E-state index < -0.39 is 12.1 Å². The van der Waals surface area contributed by atoms with Gasteiger partial charge in [-0.15, -0.1) is 0 Å². The summed E-state index contributed by atoms with van der Waals surface area (Å²) in [7, 11) is 0. The van der Waals surface area contributed by atoms with Gasteiger partial charge in [-0.25, -0.2) is 4.79 Å². The molecule has 174 valence electrons.